The number of aromatic nitrogens is 1. The van der Waals surface area contributed by atoms with Crippen molar-refractivity contribution in [2.45, 2.75) is 19.4 Å². The molecule has 1 heterocycles. The minimum Gasteiger partial charge on any atom is -0.382 e. The highest BCUT2D eigenvalue weighted by Crippen LogP contribution is 2.29. The van der Waals surface area contributed by atoms with Crippen molar-refractivity contribution in [3.05, 3.63) is 29.8 Å². The molecule has 15 heavy (non-hydrogen) atoms. The van der Waals surface area contributed by atoms with Crippen molar-refractivity contribution in [2.75, 3.05) is 13.7 Å². The van der Waals surface area contributed by atoms with Gasteiger partial charge in [0, 0.05) is 18.9 Å². The molecule has 1 aromatic rings. The lowest BCUT2D eigenvalue weighted by molar-refractivity contribution is -0.0704. The number of ether oxygens (including phenoxy) is 1. The molecular weight excluding hydrogens is 197 g/mol. The number of hydrogen-bond donors (Lipinski definition) is 1. The first-order chi connectivity index (χ1) is 7.00. The highest BCUT2D eigenvalue weighted by Gasteiger charge is 2.33. The maximum absolute atomic E-state index is 13.0. The number of rotatable bonds is 4. The number of pyridine rings is 1. The third-order valence-corrected chi connectivity index (χ3v) is 2.52. The van der Waals surface area contributed by atoms with Crippen LogP contribution in [0.4, 0.5) is 4.39 Å². The van der Waals surface area contributed by atoms with Crippen molar-refractivity contribution in [3.63, 3.8) is 0 Å². The molecule has 0 amide bonds. The fourth-order valence-electron chi connectivity index (χ4n) is 1.45. The molecule has 0 bridgehead atoms. The van der Waals surface area contributed by atoms with Crippen LogP contribution in [0.25, 0.3) is 0 Å². The van der Waals surface area contributed by atoms with Gasteiger partial charge in [-0.1, -0.05) is 13.8 Å². The fourth-order valence-corrected chi connectivity index (χ4v) is 1.45. The summed E-state index contributed by atoms with van der Waals surface area (Å²) in [6, 6.07) is 1.28. The Labute approximate surface area is 88.9 Å². The second kappa shape index (κ2) is 4.68. The minimum atomic E-state index is -1.19. The predicted molar refractivity (Wildman–Crippen MR) is 54.8 cm³/mol. The van der Waals surface area contributed by atoms with Gasteiger partial charge in [-0.3, -0.25) is 4.98 Å². The van der Waals surface area contributed by atoms with Crippen molar-refractivity contribution in [1.29, 1.82) is 0 Å². The smallest absolute Gasteiger partial charge is 0.141 e. The third-order valence-electron chi connectivity index (χ3n) is 2.52. The molecule has 0 aromatic carbocycles. The molecule has 4 heteroatoms. The Morgan fingerprint density at radius 1 is 1.53 bits per heavy atom. The molecular formula is C11H16FNO2. The maximum Gasteiger partial charge on any atom is 0.141 e. The van der Waals surface area contributed by atoms with Crippen LogP contribution in [-0.2, 0) is 10.3 Å². The van der Waals surface area contributed by atoms with Crippen LogP contribution in [0.2, 0.25) is 0 Å². The Morgan fingerprint density at radius 2 is 2.20 bits per heavy atom. The van der Waals surface area contributed by atoms with Gasteiger partial charge in [-0.15, -0.1) is 0 Å². The molecule has 1 aromatic heterocycles. The molecule has 0 spiro atoms. The molecule has 1 atom stereocenters. The molecule has 3 nitrogen and oxygen atoms in total. The van der Waals surface area contributed by atoms with Gasteiger partial charge < -0.3 is 9.84 Å². The third kappa shape index (κ3) is 2.52. The van der Waals surface area contributed by atoms with E-state index in [1.807, 2.05) is 13.8 Å². The Bertz CT molecular complexity index is 330. The Kier molecular flexibility index (Phi) is 3.77. The molecule has 0 saturated carbocycles. The summed E-state index contributed by atoms with van der Waals surface area (Å²) >= 11 is 0. The van der Waals surface area contributed by atoms with Crippen LogP contribution in [0.5, 0.6) is 0 Å². The predicted octanol–water partition coefficient (Wildman–Crippen LogP) is 1.71. The summed E-state index contributed by atoms with van der Waals surface area (Å²) in [6.07, 6.45) is 2.57. The summed E-state index contributed by atoms with van der Waals surface area (Å²) in [4.78, 5) is 3.72. The second-order valence-electron chi connectivity index (χ2n) is 3.90. The zero-order valence-corrected chi connectivity index (χ0v) is 9.20. The van der Waals surface area contributed by atoms with E-state index in [2.05, 4.69) is 4.98 Å². The molecule has 0 aliphatic heterocycles. The van der Waals surface area contributed by atoms with Crippen molar-refractivity contribution in [3.8, 4) is 0 Å². The van der Waals surface area contributed by atoms with Crippen molar-refractivity contribution >= 4 is 0 Å². The van der Waals surface area contributed by atoms with Crippen molar-refractivity contribution < 1.29 is 14.2 Å². The first kappa shape index (κ1) is 12.1. The summed E-state index contributed by atoms with van der Waals surface area (Å²) in [7, 11) is 1.50. The van der Waals surface area contributed by atoms with Gasteiger partial charge in [0.2, 0.25) is 0 Å². The molecule has 84 valence electrons. The largest absolute Gasteiger partial charge is 0.382 e. The zero-order chi connectivity index (χ0) is 11.5. The Balaban J connectivity index is 3.09. The van der Waals surface area contributed by atoms with Gasteiger partial charge in [-0.2, -0.15) is 0 Å². The highest BCUT2D eigenvalue weighted by atomic mass is 19.1. The highest BCUT2D eigenvalue weighted by molar-refractivity contribution is 5.20. The number of aliphatic hydroxyl groups is 1. The van der Waals surface area contributed by atoms with Gasteiger partial charge in [0.05, 0.1) is 12.8 Å². The van der Waals surface area contributed by atoms with Crippen LogP contribution in [0.3, 0.4) is 0 Å². The van der Waals surface area contributed by atoms with Crippen LogP contribution in [0, 0.1) is 11.7 Å². The number of methoxy groups -OCH3 is 1. The summed E-state index contributed by atoms with van der Waals surface area (Å²) in [6.45, 7) is 3.82. The van der Waals surface area contributed by atoms with Gasteiger partial charge in [-0.25, -0.2) is 4.39 Å². The van der Waals surface area contributed by atoms with E-state index in [-0.39, 0.29) is 12.5 Å². The van der Waals surface area contributed by atoms with Gasteiger partial charge in [0.15, 0.2) is 0 Å². The standard InChI is InChI=1S/C11H16FNO2/c1-8(2)11(14,7-15-3)9-4-10(12)6-13-5-9/h4-6,8,14H,7H2,1-3H3. The molecule has 0 aliphatic carbocycles. The van der Waals surface area contributed by atoms with E-state index in [4.69, 9.17) is 4.74 Å². The molecule has 0 saturated heterocycles. The molecule has 1 unspecified atom stereocenters. The van der Waals surface area contributed by atoms with Gasteiger partial charge in [-0.05, 0) is 12.0 Å². The minimum absolute atomic E-state index is 0.0824. The van der Waals surface area contributed by atoms with Gasteiger partial charge in [0.1, 0.15) is 11.4 Å². The Morgan fingerprint density at radius 3 is 2.67 bits per heavy atom. The first-order valence-electron chi connectivity index (χ1n) is 4.83. The summed E-state index contributed by atoms with van der Waals surface area (Å²) in [5, 5.41) is 10.4. The molecule has 0 aliphatic rings. The van der Waals surface area contributed by atoms with E-state index in [0.717, 1.165) is 6.20 Å². The topological polar surface area (TPSA) is 42.4 Å². The number of nitrogens with zero attached hydrogens (tertiary/aromatic N) is 1. The van der Waals surface area contributed by atoms with Gasteiger partial charge >= 0.3 is 0 Å². The Hall–Kier alpha value is -1.00. The summed E-state index contributed by atoms with van der Waals surface area (Å²) < 4.78 is 17.9. The fraction of sp³-hybridized carbons (Fsp3) is 0.545. The number of halogens is 1. The van der Waals surface area contributed by atoms with E-state index in [0.29, 0.717) is 5.56 Å². The lowest BCUT2D eigenvalue weighted by Gasteiger charge is -2.31. The molecule has 1 N–H and O–H groups in total. The maximum atomic E-state index is 13.0. The van der Waals surface area contributed by atoms with Crippen LogP contribution in [0.15, 0.2) is 18.5 Å². The van der Waals surface area contributed by atoms with Crippen LogP contribution >= 0.6 is 0 Å². The van der Waals surface area contributed by atoms with Crippen LogP contribution in [-0.4, -0.2) is 23.8 Å². The van der Waals surface area contributed by atoms with E-state index < -0.39 is 11.4 Å². The van der Waals surface area contributed by atoms with Crippen molar-refractivity contribution in [1.82, 2.24) is 4.98 Å². The van der Waals surface area contributed by atoms with Crippen molar-refractivity contribution in [2.24, 2.45) is 5.92 Å². The second-order valence-corrected chi connectivity index (χ2v) is 3.90. The lowest BCUT2D eigenvalue weighted by Crippen LogP contribution is -2.37. The lowest BCUT2D eigenvalue weighted by atomic mass is 9.85. The van der Waals surface area contributed by atoms with E-state index in [1.54, 1.807) is 0 Å². The van der Waals surface area contributed by atoms with Gasteiger partial charge in [0.25, 0.3) is 0 Å². The summed E-state index contributed by atoms with van der Waals surface area (Å²) in [5.74, 6) is -0.538. The van der Waals surface area contributed by atoms with Crippen LogP contribution < -0.4 is 0 Å². The zero-order valence-electron chi connectivity index (χ0n) is 9.20. The average Bonchev–Trinajstić information content (AvgIpc) is 2.17. The molecule has 0 radical (unpaired) electrons. The average molecular weight is 213 g/mol. The first-order valence-corrected chi connectivity index (χ1v) is 4.83. The SMILES string of the molecule is COCC(O)(c1cncc(F)c1)C(C)C. The molecule has 1 rings (SSSR count). The quantitative estimate of drug-likeness (QED) is 0.828. The number of hydrogen-bond acceptors (Lipinski definition) is 3. The van der Waals surface area contributed by atoms with Crippen LogP contribution in [0.1, 0.15) is 19.4 Å². The molecule has 0 fully saturated rings. The van der Waals surface area contributed by atoms with E-state index in [1.165, 1.54) is 19.4 Å². The van der Waals surface area contributed by atoms with E-state index >= 15 is 0 Å². The summed E-state index contributed by atoms with van der Waals surface area (Å²) in [5.41, 5.74) is -0.747. The normalized spacial score (nSPS) is 15.3. The monoisotopic (exact) mass is 213 g/mol. The van der Waals surface area contributed by atoms with E-state index in [9.17, 15) is 9.50 Å².